The molecule has 0 bridgehead atoms. The van der Waals surface area contributed by atoms with E-state index in [-0.39, 0.29) is 5.91 Å². The lowest BCUT2D eigenvalue weighted by Gasteiger charge is -2.35. The molecule has 24 heavy (non-hydrogen) atoms. The van der Waals surface area contributed by atoms with Crippen molar-refractivity contribution in [1.29, 1.82) is 0 Å². The van der Waals surface area contributed by atoms with E-state index in [9.17, 15) is 18.0 Å². The van der Waals surface area contributed by atoms with Crippen molar-refractivity contribution in [2.45, 2.75) is 25.1 Å². The third kappa shape index (κ3) is 4.08. The fraction of sp³-hybridized carbons (Fsp3) is 0.588. The van der Waals surface area contributed by atoms with Gasteiger partial charge < -0.3 is 9.64 Å². The number of halogens is 3. The van der Waals surface area contributed by atoms with E-state index in [4.69, 9.17) is 4.74 Å². The Morgan fingerprint density at radius 1 is 1.12 bits per heavy atom. The maximum Gasteiger partial charge on any atom is 0.416 e. The van der Waals surface area contributed by atoms with Gasteiger partial charge in [-0.15, -0.1) is 0 Å². The number of alkyl halides is 3. The summed E-state index contributed by atoms with van der Waals surface area (Å²) >= 11 is 0. The Labute approximate surface area is 139 Å². The lowest BCUT2D eigenvalue weighted by molar-refractivity contribution is -0.137. The Morgan fingerprint density at radius 2 is 1.79 bits per heavy atom. The summed E-state index contributed by atoms with van der Waals surface area (Å²) in [6.45, 7) is 4.44. The Hall–Kier alpha value is -1.60. The van der Waals surface area contributed by atoms with Gasteiger partial charge in [0.15, 0.2) is 0 Å². The first-order valence-electron chi connectivity index (χ1n) is 8.24. The van der Waals surface area contributed by atoms with E-state index in [2.05, 4.69) is 4.90 Å². The molecule has 0 saturated carbocycles. The highest BCUT2D eigenvalue weighted by molar-refractivity contribution is 5.94. The molecule has 7 heteroatoms. The van der Waals surface area contributed by atoms with Crippen LogP contribution >= 0.6 is 0 Å². The molecule has 1 amide bonds. The molecule has 1 unspecified atom stereocenters. The van der Waals surface area contributed by atoms with Gasteiger partial charge in [-0.05, 0) is 37.1 Å². The van der Waals surface area contributed by atoms with E-state index >= 15 is 0 Å². The van der Waals surface area contributed by atoms with Crippen molar-refractivity contribution in [3.63, 3.8) is 0 Å². The van der Waals surface area contributed by atoms with Crippen LogP contribution in [0.4, 0.5) is 13.2 Å². The number of ether oxygens (including phenoxy) is 1. The van der Waals surface area contributed by atoms with Crippen molar-refractivity contribution in [3.8, 4) is 0 Å². The highest BCUT2D eigenvalue weighted by Gasteiger charge is 2.31. The van der Waals surface area contributed by atoms with Gasteiger partial charge >= 0.3 is 6.18 Å². The van der Waals surface area contributed by atoms with Crippen LogP contribution in [0.3, 0.4) is 0 Å². The van der Waals surface area contributed by atoms with Crippen LogP contribution in [0.2, 0.25) is 0 Å². The Balaban J connectivity index is 1.53. The zero-order valence-electron chi connectivity index (χ0n) is 13.4. The maximum absolute atomic E-state index is 12.6. The fourth-order valence-corrected chi connectivity index (χ4v) is 3.19. The van der Waals surface area contributed by atoms with Gasteiger partial charge in [0.1, 0.15) is 0 Å². The zero-order chi connectivity index (χ0) is 17.2. The minimum atomic E-state index is -4.38. The van der Waals surface area contributed by atoms with Gasteiger partial charge in [-0.2, -0.15) is 13.2 Å². The van der Waals surface area contributed by atoms with Crippen LogP contribution in [-0.2, 0) is 10.9 Å². The molecule has 0 aliphatic carbocycles. The summed E-state index contributed by atoms with van der Waals surface area (Å²) in [7, 11) is 0. The predicted molar refractivity (Wildman–Crippen MR) is 82.8 cm³/mol. The minimum absolute atomic E-state index is 0.208. The Morgan fingerprint density at radius 3 is 2.33 bits per heavy atom. The van der Waals surface area contributed by atoms with Crippen molar-refractivity contribution in [2.24, 2.45) is 0 Å². The molecule has 0 N–H and O–H groups in total. The van der Waals surface area contributed by atoms with Gasteiger partial charge in [0, 0.05) is 44.9 Å². The summed E-state index contributed by atoms with van der Waals surface area (Å²) in [4.78, 5) is 16.4. The molecule has 1 aromatic carbocycles. The van der Waals surface area contributed by atoms with Crippen LogP contribution in [0.5, 0.6) is 0 Å². The summed E-state index contributed by atoms with van der Waals surface area (Å²) in [5.41, 5.74) is -0.434. The van der Waals surface area contributed by atoms with Gasteiger partial charge in [-0.25, -0.2) is 0 Å². The molecule has 2 saturated heterocycles. The van der Waals surface area contributed by atoms with Crippen molar-refractivity contribution in [1.82, 2.24) is 9.80 Å². The molecular weight excluding hydrogens is 321 g/mol. The number of nitrogens with zero attached hydrogens (tertiary/aromatic N) is 2. The zero-order valence-corrected chi connectivity index (χ0v) is 13.4. The normalized spacial score (nSPS) is 22.8. The molecule has 0 radical (unpaired) electrons. The molecule has 132 valence electrons. The first kappa shape index (κ1) is 17.2. The second-order valence-electron chi connectivity index (χ2n) is 6.30. The number of amides is 1. The van der Waals surface area contributed by atoms with Gasteiger partial charge in [0.05, 0.1) is 11.7 Å². The predicted octanol–water partition coefficient (Wildman–Crippen LogP) is 2.64. The van der Waals surface area contributed by atoms with Crippen LogP contribution in [0, 0.1) is 0 Å². The van der Waals surface area contributed by atoms with Crippen LogP contribution in [0.25, 0.3) is 0 Å². The van der Waals surface area contributed by atoms with Crippen LogP contribution in [-0.4, -0.2) is 61.1 Å². The first-order chi connectivity index (χ1) is 11.4. The number of rotatable bonds is 3. The molecule has 2 aliphatic rings. The second kappa shape index (κ2) is 7.11. The highest BCUT2D eigenvalue weighted by Crippen LogP contribution is 2.29. The monoisotopic (exact) mass is 342 g/mol. The lowest BCUT2D eigenvalue weighted by Crippen LogP contribution is -2.50. The minimum Gasteiger partial charge on any atom is -0.377 e. The van der Waals surface area contributed by atoms with E-state index in [0.29, 0.717) is 24.8 Å². The fourth-order valence-electron chi connectivity index (χ4n) is 3.19. The number of hydrogen-bond acceptors (Lipinski definition) is 3. The lowest BCUT2D eigenvalue weighted by atomic mass is 10.1. The summed E-state index contributed by atoms with van der Waals surface area (Å²) < 4.78 is 43.3. The summed E-state index contributed by atoms with van der Waals surface area (Å²) in [5.74, 6) is -0.208. The number of carbonyl (C=O) groups excluding carboxylic acids is 1. The Bertz CT molecular complexity index is 560. The summed E-state index contributed by atoms with van der Waals surface area (Å²) in [6.07, 6.45) is -1.89. The van der Waals surface area contributed by atoms with Gasteiger partial charge in [0.2, 0.25) is 0 Å². The third-order valence-corrected chi connectivity index (χ3v) is 4.60. The first-order valence-corrected chi connectivity index (χ1v) is 8.24. The van der Waals surface area contributed by atoms with E-state index < -0.39 is 11.7 Å². The molecule has 0 spiro atoms. The van der Waals surface area contributed by atoms with Gasteiger partial charge in [-0.1, -0.05) is 0 Å². The van der Waals surface area contributed by atoms with Crippen LogP contribution in [0.1, 0.15) is 28.8 Å². The van der Waals surface area contributed by atoms with E-state index in [0.717, 1.165) is 51.2 Å². The molecule has 0 aromatic heterocycles. The summed E-state index contributed by atoms with van der Waals surface area (Å²) in [6, 6.07) is 4.43. The van der Waals surface area contributed by atoms with Crippen molar-refractivity contribution in [2.75, 3.05) is 39.3 Å². The SMILES string of the molecule is O=C(c1ccc(C(F)(F)F)cc1)N1CCN(CC2CCCO2)CC1. The Kier molecular flexibility index (Phi) is 5.10. The number of piperazine rings is 1. The smallest absolute Gasteiger partial charge is 0.377 e. The average molecular weight is 342 g/mol. The van der Waals surface area contributed by atoms with E-state index in [1.165, 1.54) is 12.1 Å². The molecule has 2 heterocycles. The van der Waals surface area contributed by atoms with E-state index in [1.54, 1.807) is 4.90 Å². The number of carbonyl (C=O) groups is 1. The maximum atomic E-state index is 12.6. The third-order valence-electron chi connectivity index (χ3n) is 4.60. The molecule has 1 aromatic rings. The molecule has 2 aliphatic heterocycles. The molecule has 2 fully saturated rings. The molecular formula is C17H21F3N2O2. The topological polar surface area (TPSA) is 32.8 Å². The van der Waals surface area contributed by atoms with Crippen molar-refractivity contribution >= 4 is 5.91 Å². The van der Waals surface area contributed by atoms with Gasteiger partial charge in [0.25, 0.3) is 5.91 Å². The molecule has 1 atom stereocenters. The average Bonchev–Trinajstić information content (AvgIpc) is 3.07. The van der Waals surface area contributed by atoms with Crippen molar-refractivity contribution in [3.05, 3.63) is 35.4 Å². The molecule has 4 nitrogen and oxygen atoms in total. The summed E-state index contributed by atoms with van der Waals surface area (Å²) in [5, 5.41) is 0. The quantitative estimate of drug-likeness (QED) is 0.847. The molecule has 3 rings (SSSR count). The van der Waals surface area contributed by atoms with E-state index in [1.807, 2.05) is 0 Å². The van der Waals surface area contributed by atoms with Crippen LogP contribution in [0.15, 0.2) is 24.3 Å². The second-order valence-corrected chi connectivity index (χ2v) is 6.30. The highest BCUT2D eigenvalue weighted by atomic mass is 19.4. The largest absolute Gasteiger partial charge is 0.416 e. The van der Waals surface area contributed by atoms with Gasteiger partial charge in [-0.3, -0.25) is 9.69 Å². The van der Waals surface area contributed by atoms with Crippen molar-refractivity contribution < 1.29 is 22.7 Å². The standard InChI is InChI=1S/C17H21F3N2O2/c18-17(19,20)14-5-3-13(4-6-14)16(23)22-9-7-21(8-10-22)12-15-2-1-11-24-15/h3-6,15H,1-2,7-12H2. The number of hydrogen-bond donors (Lipinski definition) is 0. The van der Waals surface area contributed by atoms with Crippen LogP contribution < -0.4 is 0 Å². The number of benzene rings is 1.